The number of carbonyl (C=O) groups excluding carboxylic acids is 2. The zero-order valence-electron chi connectivity index (χ0n) is 14.2. The minimum atomic E-state index is -0.525. The maximum atomic E-state index is 12.4. The number of hydrogen-bond acceptors (Lipinski definition) is 3. The molecule has 2 unspecified atom stereocenters. The van der Waals surface area contributed by atoms with E-state index in [1.54, 1.807) is 6.07 Å². The van der Waals surface area contributed by atoms with Crippen molar-refractivity contribution in [2.45, 2.75) is 45.7 Å². The van der Waals surface area contributed by atoms with Crippen LogP contribution in [0.2, 0.25) is 0 Å². The van der Waals surface area contributed by atoms with Crippen molar-refractivity contribution in [1.82, 2.24) is 16.0 Å². The molecule has 1 heterocycles. The molecule has 126 valence electrons. The van der Waals surface area contributed by atoms with Crippen molar-refractivity contribution < 1.29 is 9.59 Å². The molecule has 2 atom stereocenters. The van der Waals surface area contributed by atoms with Crippen LogP contribution in [0.1, 0.15) is 42.6 Å². The summed E-state index contributed by atoms with van der Waals surface area (Å²) in [5.41, 5.74) is 1.52. The summed E-state index contributed by atoms with van der Waals surface area (Å²) in [7, 11) is 0. The third kappa shape index (κ3) is 4.79. The van der Waals surface area contributed by atoms with E-state index >= 15 is 0 Å². The average Bonchev–Trinajstić information content (AvgIpc) is 3.03. The van der Waals surface area contributed by atoms with Crippen LogP contribution in [-0.4, -0.2) is 37.0 Å². The molecule has 3 N–H and O–H groups in total. The maximum Gasteiger partial charge on any atom is 0.252 e. The highest BCUT2D eigenvalue weighted by Gasteiger charge is 2.26. The summed E-state index contributed by atoms with van der Waals surface area (Å²) < 4.78 is 0. The van der Waals surface area contributed by atoms with Gasteiger partial charge in [-0.15, -0.1) is 0 Å². The lowest BCUT2D eigenvalue weighted by molar-refractivity contribution is -0.124. The van der Waals surface area contributed by atoms with Crippen molar-refractivity contribution in [3.05, 3.63) is 35.4 Å². The number of carbonyl (C=O) groups is 2. The second-order valence-electron chi connectivity index (χ2n) is 6.55. The summed E-state index contributed by atoms with van der Waals surface area (Å²) in [5, 5.41) is 9.19. The molecule has 1 saturated heterocycles. The van der Waals surface area contributed by atoms with Gasteiger partial charge in [-0.25, -0.2) is 0 Å². The van der Waals surface area contributed by atoms with Gasteiger partial charge in [0.15, 0.2) is 0 Å². The first-order chi connectivity index (χ1) is 11.0. The lowest BCUT2D eigenvalue weighted by Crippen LogP contribution is -2.51. The molecule has 2 rings (SSSR count). The average molecular weight is 317 g/mol. The van der Waals surface area contributed by atoms with Gasteiger partial charge in [0.1, 0.15) is 6.04 Å². The maximum absolute atomic E-state index is 12.4. The van der Waals surface area contributed by atoms with E-state index in [1.165, 1.54) is 0 Å². The first-order valence-electron chi connectivity index (χ1n) is 8.36. The predicted molar refractivity (Wildman–Crippen MR) is 91.3 cm³/mol. The third-order valence-corrected chi connectivity index (χ3v) is 4.31. The zero-order chi connectivity index (χ0) is 16.8. The number of rotatable bonds is 6. The van der Waals surface area contributed by atoms with Crippen LogP contribution < -0.4 is 16.0 Å². The second-order valence-corrected chi connectivity index (χ2v) is 6.55. The first kappa shape index (κ1) is 17.5. The topological polar surface area (TPSA) is 70.2 Å². The van der Waals surface area contributed by atoms with Crippen molar-refractivity contribution >= 4 is 11.8 Å². The third-order valence-electron chi connectivity index (χ3n) is 4.31. The van der Waals surface area contributed by atoms with Crippen LogP contribution >= 0.6 is 0 Å². The Bertz CT molecular complexity index is 551. The van der Waals surface area contributed by atoms with Crippen LogP contribution in [0.5, 0.6) is 0 Å². The number of aryl methyl sites for hydroxylation is 1. The summed E-state index contributed by atoms with van der Waals surface area (Å²) in [6, 6.07) is 7.22. The van der Waals surface area contributed by atoms with Crippen molar-refractivity contribution in [2.24, 2.45) is 5.92 Å². The number of nitrogens with one attached hydrogen (secondary N) is 3. The molecule has 1 aromatic rings. The Balaban J connectivity index is 1.96. The molecule has 1 aromatic carbocycles. The van der Waals surface area contributed by atoms with Crippen molar-refractivity contribution in [3.63, 3.8) is 0 Å². The molecular formula is C18H27N3O2. The molecule has 1 fully saturated rings. The second kappa shape index (κ2) is 8.11. The van der Waals surface area contributed by atoms with E-state index < -0.39 is 6.04 Å². The Morgan fingerprint density at radius 3 is 2.65 bits per heavy atom. The summed E-state index contributed by atoms with van der Waals surface area (Å²) in [6.45, 7) is 7.40. The lowest BCUT2D eigenvalue weighted by atomic mass is 10.0. The standard InChI is InChI=1S/C18H27N3O2/c1-12(2)16(18(23)20-11-14-8-6-10-19-14)21-17(22)15-9-5-4-7-13(15)3/h4-5,7,9,12,14,16,19H,6,8,10-11H2,1-3H3,(H,20,23)(H,21,22). The molecule has 0 saturated carbocycles. The molecule has 0 radical (unpaired) electrons. The fourth-order valence-corrected chi connectivity index (χ4v) is 2.85. The quantitative estimate of drug-likeness (QED) is 0.747. The van der Waals surface area contributed by atoms with E-state index in [0.717, 1.165) is 24.9 Å². The molecule has 0 aliphatic carbocycles. The molecule has 1 aliphatic rings. The van der Waals surface area contributed by atoms with E-state index in [0.29, 0.717) is 18.2 Å². The fourth-order valence-electron chi connectivity index (χ4n) is 2.85. The summed E-state index contributed by atoms with van der Waals surface area (Å²) in [4.78, 5) is 24.9. The smallest absolute Gasteiger partial charge is 0.252 e. The van der Waals surface area contributed by atoms with E-state index in [-0.39, 0.29) is 17.7 Å². The molecule has 2 amide bonds. The molecule has 23 heavy (non-hydrogen) atoms. The van der Waals surface area contributed by atoms with Gasteiger partial charge in [-0.05, 0) is 43.9 Å². The number of hydrogen-bond donors (Lipinski definition) is 3. The van der Waals surface area contributed by atoms with E-state index in [1.807, 2.05) is 39.0 Å². The number of benzene rings is 1. The van der Waals surface area contributed by atoms with Gasteiger partial charge < -0.3 is 16.0 Å². The molecule has 5 heteroatoms. The van der Waals surface area contributed by atoms with Crippen LogP contribution in [0.4, 0.5) is 0 Å². The molecule has 0 aromatic heterocycles. The Hall–Kier alpha value is -1.88. The Morgan fingerprint density at radius 2 is 2.04 bits per heavy atom. The van der Waals surface area contributed by atoms with Gasteiger partial charge in [0.25, 0.3) is 5.91 Å². The monoisotopic (exact) mass is 317 g/mol. The SMILES string of the molecule is Cc1ccccc1C(=O)NC(C(=O)NCC1CCCN1)C(C)C. The van der Waals surface area contributed by atoms with Gasteiger partial charge in [-0.3, -0.25) is 9.59 Å². The van der Waals surface area contributed by atoms with Crippen molar-refractivity contribution in [2.75, 3.05) is 13.1 Å². The summed E-state index contributed by atoms with van der Waals surface area (Å²) >= 11 is 0. The fraction of sp³-hybridized carbons (Fsp3) is 0.556. The Morgan fingerprint density at radius 1 is 1.30 bits per heavy atom. The first-order valence-corrected chi connectivity index (χ1v) is 8.36. The normalized spacial score (nSPS) is 18.7. The molecule has 5 nitrogen and oxygen atoms in total. The van der Waals surface area contributed by atoms with E-state index in [4.69, 9.17) is 0 Å². The van der Waals surface area contributed by atoms with Gasteiger partial charge in [0.05, 0.1) is 0 Å². The van der Waals surface area contributed by atoms with Gasteiger partial charge in [-0.1, -0.05) is 32.0 Å². The molecule has 0 bridgehead atoms. The highest BCUT2D eigenvalue weighted by molar-refractivity contribution is 5.98. The van der Waals surface area contributed by atoms with Gasteiger partial charge in [0, 0.05) is 18.2 Å². The zero-order valence-corrected chi connectivity index (χ0v) is 14.2. The minimum Gasteiger partial charge on any atom is -0.353 e. The van der Waals surface area contributed by atoms with E-state index in [9.17, 15) is 9.59 Å². The minimum absolute atomic E-state index is 0.0273. The van der Waals surface area contributed by atoms with Crippen molar-refractivity contribution in [3.8, 4) is 0 Å². The summed E-state index contributed by atoms with van der Waals surface area (Å²) in [6.07, 6.45) is 2.24. The van der Waals surface area contributed by atoms with Crippen LogP contribution in [0.25, 0.3) is 0 Å². The van der Waals surface area contributed by atoms with Crippen LogP contribution in [0.3, 0.4) is 0 Å². The molecular weight excluding hydrogens is 290 g/mol. The van der Waals surface area contributed by atoms with Gasteiger partial charge in [0.2, 0.25) is 5.91 Å². The van der Waals surface area contributed by atoms with E-state index in [2.05, 4.69) is 16.0 Å². The Labute approximate surface area is 138 Å². The van der Waals surface area contributed by atoms with Crippen LogP contribution in [-0.2, 0) is 4.79 Å². The highest BCUT2D eigenvalue weighted by atomic mass is 16.2. The lowest BCUT2D eigenvalue weighted by Gasteiger charge is -2.23. The van der Waals surface area contributed by atoms with Crippen molar-refractivity contribution in [1.29, 1.82) is 0 Å². The van der Waals surface area contributed by atoms with Gasteiger partial charge >= 0.3 is 0 Å². The van der Waals surface area contributed by atoms with Gasteiger partial charge in [-0.2, -0.15) is 0 Å². The number of amides is 2. The Kier molecular flexibility index (Phi) is 6.16. The van der Waals surface area contributed by atoms with Crippen LogP contribution in [0.15, 0.2) is 24.3 Å². The molecule has 0 spiro atoms. The van der Waals surface area contributed by atoms with Crippen LogP contribution in [0, 0.1) is 12.8 Å². The predicted octanol–water partition coefficient (Wildman–Crippen LogP) is 1.62. The summed E-state index contributed by atoms with van der Waals surface area (Å²) in [5.74, 6) is -0.286. The largest absolute Gasteiger partial charge is 0.353 e. The highest BCUT2D eigenvalue weighted by Crippen LogP contribution is 2.10. The molecule has 1 aliphatic heterocycles.